The van der Waals surface area contributed by atoms with Crippen LogP contribution >= 0.6 is 0 Å². The maximum atomic E-state index is 14.0. The fraction of sp³-hybridized carbons (Fsp3) is 0.591. The van der Waals surface area contributed by atoms with Crippen LogP contribution < -0.4 is 10.2 Å². The van der Waals surface area contributed by atoms with Gasteiger partial charge in [0.1, 0.15) is 5.82 Å². The summed E-state index contributed by atoms with van der Waals surface area (Å²) in [6.07, 6.45) is 8.42. The second-order valence-electron chi connectivity index (χ2n) is 7.81. The highest BCUT2D eigenvalue weighted by atomic mass is 19.1. The lowest BCUT2D eigenvalue weighted by atomic mass is 10.0. The predicted octanol–water partition coefficient (Wildman–Crippen LogP) is 2.67. The quantitative estimate of drug-likeness (QED) is 0.717. The van der Waals surface area contributed by atoms with Crippen LogP contribution in [0.15, 0.2) is 18.2 Å². The first-order valence-electron chi connectivity index (χ1n) is 10.3. The predicted molar refractivity (Wildman–Crippen MR) is 110 cm³/mol. The first-order chi connectivity index (χ1) is 14.0. The molecule has 0 aromatic heterocycles. The maximum absolute atomic E-state index is 14.0. The Morgan fingerprint density at radius 2 is 2.21 bits per heavy atom. The number of hydrogen-bond donors (Lipinski definition) is 2. The lowest BCUT2D eigenvalue weighted by Crippen LogP contribution is -2.45. The molecule has 0 saturated carbocycles. The van der Waals surface area contributed by atoms with Gasteiger partial charge in [0.05, 0.1) is 24.8 Å². The number of aliphatic hydroxyl groups excluding tert-OH is 1. The van der Waals surface area contributed by atoms with Crippen LogP contribution in [-0.4, -0.2) is 61.0 Å². The monoisotopic (exact) mass is 403 g/mol. The Bertz CT molecular complexity index is 737. The number of benzene rings is 1. The number of nitrogens with one attached hydrogen (secondary N) is 1. The molecule has 6 nitrogen and oxygen atoms in total. The van der Waals surface area contributed by atoms with E-state index in [4.69, 9.17) is 11.2 Å². The van der Waals surface area contributed by atoms with Gasteiger partial charge in [0.25, 0.3) is 0 Å². The zero-order valence-corrected chi connectivity index (χ0v) is 16.9. The Morgan fingerprint density at radius 3 is 2.86 bits per heavy atom. The van der Waals surface area contributed by atoms with Crippen LogP contribution in [-0.2, 0) is 4.74 Å². The number of urea groups is 1. The van der Waals surface area contributed by atoms with Crippen molar-refractivity contribution >= 4 is 11.7 Å². The van der Waals surface area contributed by atoms with Gasteiger partial charge in [0.15, 0.2) is 0 Å². The van der Waals surface area contributed by atoms with E-state index in [9.17, 15) is 14.3 Å². The van der Waals surface area contributed by atoms with Crippen molar-refractivity contribution in [1.82, 2.24) is 10.2 Å². The van der Waals surface area contributed by atoms with Crippen molar-refractivity contribution in [2.75, 3.05) is 37.7 Å². The zero-order chi connectivity index (χ0) is 20.8. The summed E-state index contributed by atoms with van der Waals surface area (Å²) in [5, 5.41) is 12.7. The standard InChI is InChI=1S/C22H30FN3O3/c1-3-10-26(15-19-5-4-13-29-19)22(28)24-16(2)20-14-17(23)6-7-21(20)25-11-8-18(27)9-12-25/h1,6-7,14,16,18-19,27H,4-5,8-13,15H2,2H3,(H,24,28)/t16-,19-/m1/s1. The van der Waals surface area contributed by atoms with Gasteiger partial charge in [0.2, 0.25) is 0 Å². The zero-order valence-electron chi connectivity index (χ0n) is 16.9. The number of ether oxygens (including phenoxy) is 1. The van der Waals surface area contributed by atoms with Crippen LogP contribution in [0.4, 0.5) is 14.9 Å². The van der Waals surface area contributed by atoms with Crippen LogP contribution in [0.3, 0.4) is 0 Å². The molecule has 0 unspecified atom stereocenters. The summed E-state index contributed by atoms with van der Waals surface area (Å²) in [5.41, 5.74) is 1.60. The lowest BCUT2D eigenvalue weighted by molar-refractivity contribution is 0.0842. The number of terminal acetylenes is 1. The normalized spacial score (nSPS) is 20.9. The van der Waals surface area contributed by atoms with Crippen molar-refractivity contribution in [2.24, 2.45) is 0 Å². The molecule has 7 heteroatoms. The van der Waals surface area contributed by atoms with Crippen molar-refractivity contribution in [1.29, 1.82) is 0 Å². The molecule has 2 N–H and O–H groups in total. The third-order valence-electron chi connectivity index (χ3n) is 5.62. The molecule has 2 saturated heterocycles. The van der Waals surface area contributed by atoms with Gasteiger partial charge in [-0.3, -0.25) is 0 Å². The van der Waals surface area contributed by atoms with Crippen LogP contribution in [0.1, 0.15) is 44.2 Å². The third kappa shape index (κ3) is 5.62. The molecule has 1 aromatic rings. The Morgan fingerprint density at radius 1 is 1.45 bits per heavy atom. The number of nitrogens with zero attached hydrogens (tertiary/aromatic N) is 2. The molecule has 0 bridgehead atoms. The van der Waals surface area contributed by atoms with Crippen molar-refractivity contribution in [3.63, 3.8) is 0 Å². The van der Waals surface area contributed by atoms with Crippen molar-refractivity contribution in [2.45, 2.75) is 50.9 Å². The number of carbonyl (C=O) groups excluding carboxylic acids is 1. The molecule has 3 rings (SSSR count). The summed E-state index contributed by atoms with van der Waals surface area (Å²) >= 11 is 0. The van der Waals surface area contributed by atoms with E-state index >= 15 is 0 Å². The number of carbonyl (C=O) groups is 1. The highest BCUT2D eigenvalue weighted by Gasteiger charge is 2.25. The maximum Gasteiger partial charge on any atom is 0.318 e. The second-order valence-corrected chi connectivity index (χ2v) is 7.81. The number of piperidine rings is 1. The van der Waals surface area contributed by atoms with E-state index in [2.05, 4.69) is 16.1 Å². The number of amides is 2. The van der Waals surface area contributed by atoms with Crippen LogP contribution in [0.2, 0.25) is 0 Å². The van der Waals surface area contributed by atoms with Gasteiger partial charge < -0.3 is 25.0 Å². The van der Waals surface area contributed by atoms with Gasteiger partial charge in [-0.2, -0.15) is 0 Å². The molecular formula is C22H30FN3O3. The molecule has 2 heterocycles. The number of hydrogen-bond acceptors (Lipinski definition) is 4. The van der Waals surface area contributed by atoms with Gasteiger partial charge in [-0.05, 0) is 50.8 Å². The Hall–Kier alpha value is -2.30. The highest BCUT2D eigenvalue weighted by Crippen LogP contribution is 2.30. The van der Waals surface area contributed by atoms with Gasteiger partial charge in [-0.15, -0.1) is 6.42 Å². The van der Waals surface area contributed by atoms with Gasteiger partial charge in [0, 0.05) is 37.5 Å². The summed E-state index contributed by atoms with van der Waals surface area (Å²) in [6.45, 7) is 4.59. The molecule has 2 atom stereocenters. The minimum atomic E-state index is -0.398. The summed E-state index contributed by atoms with van der Waals surface area (Å²) in [7, 11) is 0. The molecule has 2 aliphatic heterocycles. The first-order valence-corrected chi connectivity index (χ1v) is 10.3. The summed E-state index contributed by atoms with van der Waals surface area (Å²) in [5.74, 6) is 2.18. The SMILES string of the molecule is C#CCN(C[C@H]1CCCO1)C(=O)N[C@H](C)c1cc(F)ccc1N1CCC(O)CC1. The topological polar surface area (TPSA) is 65.0 Å². The number of rotatable bonds is 6. The molecule has 0 spiro atoms. The molecule has 29 heavy (non-hydrogen) atoms. The molecule has 2 aliphatic rings. The van der Waals surface area contributed by atoms with E-state index < -0.39 is 6.04 Å². The van der Waals surface area contributed by atoms with Crippen molar-refractivity contribution < 1.29 is 19.0 Å². The van der Waals surface area contributed by atoms with E-state index in [1.165, 1.54) is 12.1 Å². The summed E-state index contributed by atoms with van der Waals surface area (Å²) < 4.78 is 19.6. The molecule has 1 aromatic carbocycles. The summed E-state index contributed by atoms with van der Waals surface area (Å²) in [6, 6.07) is 3.97. The number of anilines is 1. The molecule has 0 aliphatic carbocycles. The minimum absolute atomic E-state index is 0.00825. The van der Waals surface area contributed by atoms with Crippen molar-refractivity contribution in [3.05, 3.63) is 29.6 Å². The van der Waals surface area contributed by atoms with Gasteiger partial charge >= 0.3 is 6.03 Å². The van der Waals surface area contributed by atoms with Crippen LogP contribution in [0, 0.1) is 18.2 Å². The molecule has 2 amide bonds. The van der Waals surface area contributed by atoms with Crippen molar-refractivity contribution in [3.8, 4) is 12.3 Å². The van der Waals surface area contributed by atoms with E-state index in [1.807, 2.05) is 6.92 Å². The summed E-state index contributed by atoms with van der Waals surface area (Å²) in [4.78, 5) is 16.6. The fourth-order valence-electron chi connectivity index (χ4n) is 3.98. The smallest absolute Gasteiger partial charge is 0.318 e. The Balaban J connectivity index is 1.71. The number of halogens is 1. The fourth-order valence-corrected chi connectivity index (χ4v) is 3.98. The van der Waals surface area contributed by atoms with Gasteiger partial charge in [-0.1, -0.05) is 5.92 Å². The molecule has 2 fully saturated rings. The largest absolute Gasteiger partial charge is 0.393 e. The molecular weight excluding hydrogens is 373 g/mol. The second kappa shape index (κ2) is 9.95. The molecule has 158 valence electrons. The average molecular weight is 403 g/mol. The van der Waals surface area contributed by atoms with E-state index in [0.717, 1.165) is 18.5 Å². The van der Waals surface area contributed by atoms with Gasteiger partial charge in [-0.25, -0.2) is 9.18 Å². The van der Waals surface area contributed by atoms with Crippen LogP contribution in [0.5, 0.6) is 0 Å². The van der Waals surface area contributed by atoms with Crippen LogP contribution in [0.25, 0.3) is 0 Å². The first kappa shape index (κ1) is 21.4. The Labute approximate surface area is 172 Å². The average Bonchev–Trinajstić information content (AvgIpc) is 3.21. The van der Waals surface area contributed by atoms with E-state index in [1.54, 1.807) is 11.0 Å². The Kier molecular flexibility index (Phi) is 7.34. The molecule has 0 radical (unpaired) electrons. The van der Waals surface area contributed by atoms with E-state index in [-0.39, 0.29) is 30.6 Å². The minimum Gasteiger partial charge on any atom is -0.393 e. The third-order valence-corrected chi connectivity index (χ3v) is 5.62. The highest BCUT2D eigenvalue weighted by molar-refractivity contribution is 5.75. The number of aliphatic hydroxyl groups is 1. The lowest BCUT2D eigenvalue weighted by Gasteiger charge is -2.34. The van der Waals surface area contributed by atoms with E-state index in [0.29, 0.717) is 44.6 Å².